The standard InChI is InChI=1S/C23H29NO7/c25-23(24-20-4-2-1-3-5-20)19-6-7-21-22(18-19)31-17-15-29-13-11-27-9-8-26-10-12-28-14-16-30-21/h1-7,18H,8-17H2,(H,24,25). The molecule has 3 rings (SSSR count). The van der Waals surface area contributed by atoms with Gasteiger partial charge >= 0.3 is 0 Å². The predicted molar refractivity (Wildman–Crippen MR) is 115 cm³/mol. The monoisotopic (exact) mass is 431 g/mol. The SMILES string of the molecule is O=C(Nc1ccccc1)c1ccc2c(c1)OCCOCCOCCOCCOCCO2. The summed E-state index contributed by atoms with van der Waals surface area (Å²) in [6.07, 6.45) is 0. The first-order valence-corrected chi connectivity index (χ1v) is 10.4. The van der Waals surface area contributed by atoms with Crippen LogP contribution in [-0.4, -0.2) is 72.0 Å². The molecular formula is C23H29NO7. The van der Waals surface area contributed by atoms with Gasteiger partial charge in [-0.3, -0.25) is 4.79 Å². The fourth-order valence-corrected chi connectivity index (χ4v) is 2.79. The second-order valence-corrected chi connectivity index (χ2v) is 6.63. The Bertz CT molecular complexity index is 785. The first kappa shape index (κ1) is 23.0. The van der Waals surface area contributed by atoms with Gasteiger partial charge in [0.2, 0.25) is 0 Å². The molecule has 1 aliphatic heterocycles. The van der Waals surface area contributed by atoms with Crippen LogP contribution in [0.3, 0.4) is 0 Å². The Balaban J connectivity index is 1.62. The molecule has 2 aromatic rings. The van der Waals surface area contributed by atoms with Crippen molar-refractivity contribution in [1.82, 2.24) is 0 Å². The molecule has 31 heavy (non-hydrogen) atoms. The van der Waals surface area contributed by atoms with Crippen molar-refractivity contribution in [2.24, 2.45) is 0 Å². The van der Waals surface area contributed by atoms with E-state index in [4.69, 9.17) is 28.4 Å². The Morgan fingerprint density at radius 1 is 0.613 bits per heavy atom. The van der Waals surface area contributed by atoms with Crippen molar-refractivity contribution >= 4 is 11.6 Å². The lowest BCUT2D eigenvalue weighted by atomic mass is 10.2. The number of para-hydroxylation sites is 1. The summed E-state index contributed by atoms with van der Waals surface area (Å²) < 4.78 is 33.5. The average Bonchev–Trinajstić information content (AvgIpc) is 2.79. The van der Waals surface area contributed by atoms with Crippen LogP contribution in [0, 0.1) is 0 Å². The highest BCUT2D eigenvalue weighted by molar-refractivity contribution is 6.04. The third-order valence-electron chi connectivity index (χ3n) is 4.32. The minimum absolute atomic E-state index is 0.228. The molecule has 1 N–H and O–H groups in total. The largest absolute Gasteiger partial charge is 0.487 e. The van der Waals surface area contributed by atoms with Gasteiger partial charge in [-0.25, -0.2) is 0 Å². The van der Waals surface area contributed by atoms with Gasteiger partial charge in [-0.1, -0.05) is 18.2 Å². The molecule has 1 amide bonds. The van der Waals surface area contributed by atoms with Crippen LogP contribution >= 0.6 is 0 Å². The van der Waals surface area contributed by atoms with Crippen LogP contribution in [0.1, 0.15) is 10.4 Å². The second-order valence-electron chi connectivity index (χ2n) is 6.63. The minimum atomic E-state index is -0.228. The number of hydrogen-bond donors (Lipinski definition) is 1. The summed E-state index contributed by atoms with van der Waals surface area (Å²) in [7, 11) is 0. The lowest BCUT2D eigenvalue weighted by molar-refractivity contribution is -0.00841. The number of nitrogens with one attached hydrogen (secondary N) is 1. The molecule has 0 atom stereocenters. The molecule has 0 aromatic heterocycles. The highest BCUT2D eigenvalue weighted by Crippen LogP contribution is 2.29. The molecule has 1 aliphatic rings. The molecular weight excluding hydrogens is 402 g/mol. The first-order chi connectivity index (χ1) is 15.3. The molecule has 2 aromatic carbocycles. The van der Waals surface area contributed by atoms with Crippen LogP contribution in [0.4, 0.5) is 5.69 Å². The van der Waals surface area contributed by atoms with Gasteiger partial charge in [0.05, 0.1) is 52.9 Å². The van der Waals surface area contributed by atoms with Gasteiger partial charge in [0.25, 0.3) is 5.91 Å². The van der Waals surface area contributed by atoms with E-state index in [0.29, 0.717) is 83.1 Å². The van der Waals surface area contributed by atoms with E-state index in [1.54, 1.807) is 18.2 Å². The van der Waals surface area contributed by atoms with E-state index in [-0.39, 0.29) is 5.91 Å². The van der Waals surface area contributed by atoms with Crippen LogP contribution in [0.5, 0.6) is 11.5 Å². The van der Waals surface area contributed by atoms with Gasteiger partial charge in [-0.2, -0.15) is 0 Å². The van der Waals surface area contributed by atoms with Crippen molar-refractivity contribution in [3.8, 4) is 11.5 Å². The Morgan fingerprint density at radius 3 is 1.71 bits per heavy atom. The summed E-state index contributed by atoms with van der Waals surface area (Å²) in [5.74, 6) is 0.791. The number of amides is 1. The Hall–Kier alpha value is -2.65. The lowest BCUT2D eigenvalue weighted by Crippen LogP contribution is -2.16. The maximum atomic E-state index is 12.6. The predicted octanol–water partition coefficient (Wildman–Crippen LogP) is 2.78. The quantitative estimate of drug-likeness (QED) is 0.783. The minimum Gasteiger partial charge on any atom is -0.487 e. The van der Waals surface area contributed by atoms with E-state index >= 15 is 0 Å². The molecule has 8 nitrogen and oxygen atoms in total. The highest BCUT2D eigenvalue weighted by Gasteiger charge is 2.13. The third-order valence-corrected chi connectivity index (χ3v) is 4.32. The zero-order valence-electron chi connectivity index (χ0n) is 17.5. The highest BCUT2D eigenvalue weighted by atomic mass is 16.6. The van der Waals surface area contributed by atoms with Crippen LogP contribution in [-0.2, 0) is 18.9 Å². The van der Waals surface area contributed by atoms with Gasteiger partial charge in [0.1, 0.15) is 13.2 Å². The lowest BCUT2D eigenvalue weighted by Gasteiger charge is -2.15. The van der Waals surface area contributed by atoms with Crippen molar-refractivity contribution in [1.29, 1.82) is 0 Å². The number of benzene rings is 2. The number of carbonyl (C=O) groups is 1. The number of fused-ring (bicyclic) bond motifs is 1. The summed E-state index contributed by atoms with van der Waals surface area (Å²) >= 11 is 0. The number of ether oxygens (including phenoxy) is 6. The number of carbonyl (C=O) groups excluding carboxylic acids is 1. The van der Waals surface area contributed by atoms with E-state index in [1.807, 2.05) is 30.3 Å². The number of hydrogen-bond acceptors (Lipinski definition) is 7. The molecule has 0 radical (unpaired) electrons. The van der Waals surface area contributed by atoms with E-state index < -0.39 is 0 Å². The molecule has 0 spiro atoms. The number of rotatable bonds is 2. The van der Waals surface area contributed by atoms with Gasteiger partial charge in [0, 0.05) is 11.3 Å². The van der Waals surface area contributed by atoms with Crippen molar-refractivity contribution in [3.05, 3.63) is 54.1 Å². The molecule has 168 valence electrons. The van der Waals surface area contributed by atoms with E-state index in [0.717, 1.165) is 5.69 Å². The van der Waals surface area contributed by atoms with E-state index in [9.17, 15) is 4.79 Å². The van der Waals surface area contributed by atoms with Crippen molar-refractivity contribution in [2.45, 2.75) is 0 Å². The van der Waals surface area contributed by atoms with Gasteiger partial charge in [-0.15, -0.1) is 0 Å². The van der Waals surface area contributed by atoms with Crippen molar-refractivity contribution < 1.29 is 33.2 Å². The maximum absolute atomic E-state index is 12.6. The summed E-state index contributed by atoms with van der Waals surface area (Å²) in [6, 6.07) is 14.4. The zero-order chi connectivity index (χ0) is 21.6. The summed E-state index contributed by atoms with van der Waals surface area (Å²) in [6.45, 7) is 4.46. The molecule has 0 fully saturated rings. The fraction of sp³-hybridized carbons (Fsp3) is 0.435. The smallest absolute Gasteiger partial charge is 0.255 e. The molecule has 0 aliphatic carbocycles. The summed E-state index contributed by atoms with van der Waals surface area (Å²) in [5, 5.41) is 2.87. The molecule has 0 unspecified atom stereocenters. The summed E-state index contributed by atoms with van der Waals surface area (Å²) in [4.78, 5) is 12.6. The van der Waals surface area contributed by atoms with Crippen molar-refractivity contribution in [3.63, 3.8) is 0 Å². The van der Waals surface area contributed by atoms with E-state index in [1.165, 1.54) is 0 Å². The zero-order valence-corrected chi connectivity index (χ0v) is 17.5. The topological polar surface area (TPSA) is 84.5 Å². The maximum Gasteiger partial charge on any atom is 0.255 e. The molecule has 0 bridgehead atoms. The molecule has 0 saturated carbocycles. The van der Waals surface area contributed by atoms with Crippen LogP contribution in [0.15, 0.2) is 48.5 Å². The molecule has 8 heteroatoms. The van der Waals surface area contributed by atoms with Gasteiger partial charge < -0.3 is 33.7 Å². The summed E-state index contributed by atoms with van der Waals surface area (Å²) in [5.41, 5.74) is 1.19. The van der Waals surface area contributed by atoms with E-state index in [2.05, 4.69) is 5.32 Å². The Labute approximate surface area is 182 Å². The molecule has 0 saturated heterocycles. The van der Waals surface area contributed by atoms with Gasteiger partial charge in [0.15, 0.2) is 11.5 Å². The average molecular weight is 431 g/mol. The van der Waals surface area contributed by atoms with Crippen LogP contribution < -0.4 is 14.8 Å². The Kier molecular flexibility index (Phi) is 10.1. The molecule has 1 heterocycles. The van der Waals surface area contributed by atoms with Gasteiger partial charge in [-0.05, 0) is 30.3 Å². The fourth-order valence-electron chi connectivity index (χ4n) is 2.79. The third kappa shape index (κ3) is 8.55. The number of anilines is 1. The normalized spacial score (nSPS) is 17.2. The van der Waals surface area contributed by atoms with Crippen LogP contribution in [0.2, 0.25) is 0 Å². The Morgan fingerprint density at radius 2 is 1.13 bits per heavy atom. The van der Waals surface area contributed by atoms with Crippen molar-refractivity contribution in [2.75, 3.05) is 71.4 Å². The first-order valence-electron chi connectivity index (χ1n) is 10.4. The second kappa shape index (κ2) is 13.6. The van der Waals surface area contributed by atoms with Crippen LogP contribution in [0.25, 0.3) is 0 Å².